The van der Waals surface area contributed by atoms with Crippen LogP contribution in [0.2, 0.25) is 10.0 Å². The van der Waals surface area contributed by atoms with Gasteiger partial charge in [0.15, 0.2) is 5.82 Å². The molecule has 0 amide bonds. The van der Waals surface area contributed by atoms with E-state index in [1.165, 1.54) is 0 Å². The molecule has 1 aromatic heterocycles. The van der Waals surface area contributed by atoms with Gasteiger partial charge in [0.1, 0.15) is 5.82 Å². The number of halogens is 2. The maximum Gasteiger partial charge on any atom is 0.163 e. The number of morpholine rings is 1. The lowest BCUT2D eigenvalue weighted by atomic mass is 10.1. The molecular formula is C20H19Cl2N3O. The second-order valence-electron chi connectivity index (χ2n) is 6.67. The molecule has 26 heavy (non-hydrogen) atoms. The summed E-state index contributed by atoms with van der Waals surface area (Å²) in [4.78, 5) is 11.9. The minimum Gasteiger partial charge on any atom is -0.372 e. The van der Waals surface area contributed by atoms with E-state index in [9.17, 15) is 0 Å². The van der Waals surface area contributed by atoms with Crippen molar-refractivity contribution >= 4 is 39.9 Å². The van der Waals surface area contributed by atoms with Crippen molar-refractivity contribution in [2.75, 3.05) is 18.0 Å². The Bertz CT molecular complexity index is 953. The second kappa shape index (κ2) is 7.03. The van der Waals surface area contributed by atoms with Crippen molar-refractivity contribution < 1.29 is 4.74 Å². The Morgan fingerprint density at radius 1 is 1.00 bits per heavy atom. The topological polar surface area (TPSA) is 38.2 Å². The highest BCUT2D eigenvalue weighted by atomic mass is 35.5. The Labute approximate surface area is 162 Å². The number of rotatable bonds is 2. The molecule has 4 nitrogen and oxygen atoms in total. The Kier molecular flexibility index (Phi) is 4.74. The van der Waals surface area contributed by atoms with Crippen LogP contribution in [0.3, 0.4) is 0 Å². The molecule has 1 saturated heterocycles. The SMILES string of the molecule is C[C@H]1CN(c2nc(-c3ccc(Cl)cc3Cl)nc3ccccc23)C[C@H](C)O1. The van der Waals surface area contributed by atoms with Crippen LogP contribution in [-0.4, -0.2) is 35.3 Å². The number of ether oxygens (including phenoxy) is 1. The number of anilines is 1. The smallest absolute Gasteiger partial charge is 0.163 e. The summed E-state index contributed by atoms with van der Waals surface area (Å²) < 4.78 is 5.88. The normalized spacial score (nSPS) is 20.5. The van der Waals surface area contributed by atoms with Crippen molar-refractivity contribution in [3.05, 3.63) is 52.5 Å². The summed E-state index contributed by atoms with van der Waals surface area (Å²) in [5.74, 6) is 1.52. The maximum atomic E-state index is 6.40. The zero-order valence-electron chi connectivity index (χ0n) is 14.6. The van der Waals surface area contributed by atoms with Gasteiger partial charge in [-0.15, -0.1) is 0 Å². The Balaban J connectivity index is 1.88. The molecule has 2 heterocycles. The molecule has 6 heteroatoms. The van der Waals surface area contributed by atoms with Gasteiger partial charge in [0, 0.05) is 29.1 Å². The number of para-hydroxylation sites is 1. The lowest BCUT2D eigenvalue weighted by Crippen LogP contribution is -2.46. The number of benzene rings is 2. The van der Waals surface area contributed by atoms with E-state index < -0.39 is 0 Å². The van der Waals surface area contributed by atoms with Crippen LogP contribution in [0.4, 0.5) is 5.82 Å². The summed E-state index contributed by atoms with van der Waals surface area (Å²) in [6, 6.07) is 13.4. The van der Waals surface area contributed by atoms with Gasteiger partial charge in [0.25, 0.3) is 0 Å². The van der Waals surface area contributed by atoms with Crippen LogP contribution < -0.4 is 4.90 Å². The molecule has 0 aliphatic carbocycles. The molecule has 0 unspecified atom stereocenters. The third-order valence-electron chi connectivity index (χ3n) is 4.47. The fourth-order valence-electron chi connectivity index (χ4n) is 3.44. The van der Waals surface area contributed by atoms with Gasteiger partial charge in [-0.25, -0.2) is 9.97 Å². The van der Waals surface area contributed by atoms with E-state index in [0.29, 0.717) is 15.9 Å². The van der Waals surface area contributed by atoms with E-state index in [2.05, 4.69) is 24.8 Å². The molecular weight excluding hydrogens is 369 g/mol. The van der Waals surface area contributed by atoms with Gasteiger partial charge in [-0.05, 0) is 44.2 Å². The largest absolute Gasteiger partial charge is 0.372 e. The summed E-state index contributed by atoms with van der Waals surface area (Å²) >= 11 is 12.4. The summed E-state index contributed by atoms with van der Waals surface area (Å²) in [6.07, 6.45) is 0.296. The lowest BCUT2D eigenvalue weighted by Gasteiger charge is -2.36. The fourth-order valence-corrected chi connectivity index (χ4v) is 3.94. The van der Waals surface area contributed by atoms with Gasteiger partial charge >= 0.3 is 0 Å². The minimum atomic E-state index is 0.148. The zero-order chi connectivity index (χ0) is 18.3. The van der Waals surface area contributed by atoms with E-state index in [-0.39, 0.29) is 12.2 Å². The van der Waals surface area contributed by atoms with E-state index in [1.807, 2.05) is 24.3 Å². The van der Waals surface area contributed by atoms with Gasteiger partial charge in [0.05, 0.1) is 22.7 Å². The third-order valence-corrected chi connectivity index (χ3v) is 5.02. The van der Waals surface area contributed by atoms with Crippen molar-refractivity contribution in [3.63, 3.8) is 0 Å². The first-order chi connectivity index (χ1) is 12.5. The molecule has 0 N–H and O–H groups in total. The average molecular weight is 388 g/mol. The van der Waals surface area contributed by atoms with Crippen molar-refractivity contribution in [1.29, 1.82) is 0 Å². The molecule has 1 aliphatic heterocycles. The zero-order valence-corrected chi connectivity index (χ0v) is 16.1. The highest BCUT2D eigenvalue weighted by molar-refractivity contribution is 6.36. The van der Waals surface area contributed by atoms with Gasteiger partial charge < -0.3 is 9.64 Å². The van der Waals surface area contributed by atoms with Crippen molar-refractivity contribution in [2.45, 2.75) is 26.1 Å². The van der Waals surface area contributed by atoms with Crippen molar-refractivity contribution in [2.24, 2.45) is 0 Å². The van der Waals surface area contributed by atoms with E-state index in [1.54, 1.807) is 12.1 Å². The molecule has 0 saturated carbocycles. The van der Waals surface area contributed by atoms with Crippen LogP contribution in [0.5, 0.6) is 0 Å². The summed E-state index contributed by atoms with van der Waals surface area (Å²) in [7, 11) is 0. The maximum absolute atomic E-state index is 6.40. The molecule has 1 fully saturated rings. The molecule has 134 valence electrons. The standard InChI is InChI=1S/C20H19Cl2N3O/c1-12-10-25(11-13(2)26-12)20-16-5-3-4-6-18(16)23-19(24-20)15-8-7-14(21)9-17(15)22/h3-9,12-13H,10-11H2,1-2H3/t12-,13-/m0/s1. The summed E-state index contributed by atoms with van der Waals surface area (Å²) in [5.41, 5.74) is 1.67. The first-order valence-corrected chi connectivity index (χ1v) is 9.39. The van der Waals surface area contributed by atoms with Crippen molar-refractivity contribution in [1.82, 2.24) is 9.97 Å². The predicted octanol–water partition coefficient (Wildman–Crippen LogP) is 5.22. The van der Waals surface area contributed by atoms with Crippen LogP contribution in [0.15, 0.2) is 42.5 Å². The molecule has 0 bridgehead atoms. The predicted molar refractivity (Wildman–Crippen MR) is 107 cm³/mol. The third kappa shape index (κ3) is 3.37. The first kappa shape index (κ1) is 17.5. The number of hydrogen-bond acceptors (Lipinski definition) is 4. The van der Waals surface area contributed by atoms with Crippen molar-refractivity contribution in [3.8, 4) is 11.4 Å². The number of aromatic nitrogens is 2. The van der Waals surface area contributed by atoms with Gasteiger partial charge in [-0.3, -0.25) is 0 Å². The molecule has 2 aromatic carbocycles. The Morgan fingerprint density at radius 3 is 2.46 bits per heavy atom. The van der Waals surface area contributed by atoms with E-state index >= 15 is 0 Å². The number of nitrogens with zero attached hydrogens (tertiary/aromatic N) is 3. The van der Waals surface area contributed by atoms with E-state index in [0.717, 1.165) is 35.4 Å². The molecule has 1 aliphatic rings. The average Bonchev–Trinajstić information content (AvgIpc) is 2.60. The summed E-state index contributed by atoms with van der Waals surface area (Å²) in [5, 5.41) is 2.17. The molecule has 4 rings (SSSR count). The number of fused-ring (bicyclic) bond motifs is 1. The molecule has 0 radical (unpaired) electrons. The van der Waals surface area contributed by atoms with Crippen LogP contribution in [0.25, 0.3) is 22.3 Å². The van der Waals surface area contributed by atoms with Gasteiger partial charge in [-0.2, -0.15) is 0 Å². The highest BCUT2D eigenvalue weighted by Gasteiger charge is 2.25. The van der Waals surface area contributed by atoms with Crippen LogP contribution >= 0.6 is 23.2 Å². The van der Waals surface area contributed by atoms with Crippen LogP contribution in [-0.2, 0) is 4.74 Å². The van der Waals surface area contributed by atoms with Crippen LogP contribution in [0, 0.1) is 0 Å². The second-order valence-corrected chi connectivity index (χ2v) is 7.52. The molecule has 2 atom stereocenters. The monoisotopic (exact) mass is 387 g/mol. The quantitative estimate of drug-likeness (QED) is 0.604. The first-order valence-electron chi connectivity index (χ1n) is 8.64. The highest BCUT2D eigenvalue weighted by Crippen LogP contribution is 2.33. The molecule has 0 spiro atoms. The Morgan fingerprint density at radius 2 is 1.73 bits per heavy atom. The van der Waals surface area contributed by atoms with Crippen LogP contribution in [0.1, 0.15) is 13.8 Å². The fraction of sp³-hybridized carbons (Fsp3) is 0.300. The Hall–Kier alpha value is -1.88. The summed E-state index contributed by atoms with van der Waals surface area (Å²) in [6.45, 7) is 5.75. The lowest BCUT2D eigenvalue weighted by molar-refractivity contribution is -0.00536. The molecule has 3 aromatic rings. The number of hydrogen-bond donors (Lipinski definition) is 0. The van der Waals surface area contributed by atoms with Gasteiger partial charge in [0.2, 0.25) is 0 Å². The minimum absolute atomic E-state index is 0.148. The van der Waals surface area contributed by atoms with Gasteiger partial charge in [-0.1, -0.05) is 35.3 Å². The van der Waals surface area contributed by atoms with E-state index in [4.69, 9.17) is 37.9 Å².